The summed E-state index contributed by atoms with van der Waals surface area (Å²) >= 11 is 5.44. The van der Waals surface area contributed by atoms with Crippen molar-refractivity contribution in [3.63, 3.8) is 0 Å². The molecule has 0 N–H and O–H groups in total. The van der Waals surface area contributed by atoms with Gasteiger partial charge in [-0.3, -0.25) is 0 Å². The van der Waals surface area contributed by atoms with Crippen LogP contribution in [-0.4, -0.2) is 48.6 Å². The summed E-state index contributed by atoms with van der Waals surface area (Å²) < 4.78 is 29.9. The van der Waals surface area contributed by atoms with Crippen molar-refractivity contribution < 1.29 is 32.9 Å². The van der Waals surface area contributed by atoms with Crippen molar-refractivity contribution in [1.29, 1.82) is 0 Å². The molecule has 17 heavy (non-hydrogen) atoms. The Morgan fingerprint density at radius 3 is 1.76 bits per heavy atom. The zero-order valence-electron chi connectivity index (χ0n) is 8.41. The molecule has 9 nitrogen and oxygen atoms in total. The molecule has 2 aliphatic heterocycles. The fourth-order valence-electron chi connectivity index (χ4n) is 1.16. The van der Waals surface area contributed by atoms with E-state index in [0.29, 0.717) is 10.1 Å². The molecule has 0 aromatic rings. The highest BCUT2D eigenvalue weighted by Crippen LogP contribution is 2.55. The van der Waals surface area contributed by atoms with Crippen LogP contribution in [-0.2, 0) is 23.3 Å². The van der Waals surface area contributed by atoms with E-state index in [1.165, 1.54) is 0 Å². The molecule has 11 heteroatoms. The van der Waals surface area contributed by atoms with Gasteiger partial charge in [0.2, 0.25) is 0 Å². The number of halogens is 1. The van der Waals surface area contributed by atoms with Crippen LogP contribution in [0.3, 0.4) is 0 Å². The van der Waals surface area contributed by atoms with E-state index < -0.39 is 19.1 Å². The lowest BCUT2D eigenvalue weighted by Gasteiger charge is -2.19. The van der Waals surface area contributed by atoms with Gasteiger partial charge in [0.25, 0.3) is 0 Å². The van der Waals surface area contributed by atoms with Gasteiger partial charge in [-0.05, 0) is 0 Å². The number of carbonyl (C=O) groups excluding carboxylic acids is 2. The normalized spacial score (nSPS) is 20.8. The van der Waals surface area contributed by atoms with Crippen LogP contribution in [0.2, 0.25) is 0 Å². The molecule has 2 fully saturated rings. The Bertz CT molecular complexity index is 359. The minimum atomic E-state index is -4.14. The van der Waals surface area contributed by atoms with Gasteiger partial charge >= 0.3 is 19.1 Å². The van der Waals surface area contributed by atoms with E-state index >= 15 is 0 Å². The minimum absolute atomic E-state index is 0.0728. The maximum absolute atomic E-state index is 11.6. The summed E-state index contributed by atoms with van der Waals surface area (Å²) in [7, 11) is 0. The molecule has 2 saturated heterocycles. The molecule has 0 aliphatic carbocycles. The van der Waals surface area contributed by atoms with Crippen molar-refractivity contribution in [1.82, 2.24) is 10.1 Å². The molecule has 2 heterocycles. The quantitative estimate of drug-likeness (QED) is 0.714. The number of nitrogens with zero attached hydrogens (tertiary/aromatic N) is 2. The molecule has 0 aromatic heterocycles. The highest BCUT2D eigenvalue weighted by atomic mass is 35.7. The minimum Gasteiger partial charge on any atom is -0.446 e. The second-order valence-electron chi connectivity index (χ2n) is 3.03. The van der Waals surface area contributed by atoms with Gasteiger partial charge in [0.1, 0.15) is 13.2 Å². The van der Waals surface area contributed by atoms with Gasteiger partial charge in [0.05, 0.1) is 13.1 Å². The fourth-order valence-corrected chi connectivity index (χ4v) is 2.40. The van der Waals surface area contributed by atoms with E-state index in [1.54, 1.807) is 0 Å². The fraction of sp³-hybridized carbons (Fsp3) is 0.667. The van der Waals surface area contributed by atoms with E-state index in [1.807, 2.05) is 0 Å². The molecule has 0 bridgehead atoms. The van der Waals surface area contributed by atoms with Crippen LogP contribution in [0.5, 0.6) is 0 Å². The Morgan fingerprint density at radius 2 is 1.47 bits per heavy atom. The number of hydrogen-bond acceptors (Lipinski definition) is 7. The molecule has 96 valence electrons. The zero-order chi connectivity index (χ0) is 12.5. The molecule has 0 radical (unpaired) electrons. The predicted molar refractivity (Wildman–Crippen MR) is 51.7 cm³/mol. The van der Waals surface area contributed by atoms with Crippen LogP contribution < -0.4 is 0 Å². The van der Waals surface area contributed by atoms with E-state index in [-0.39, 0.29) is 26.3 Å². The van der Waals surface area contributed by atoms with Crippen LogP contribution in [0.4, 0.5) is 9.59 Å². The van der Waals surface area contributed by atoms with Crippen LogP contribution in [0.15, 0.2) is 0 Å². The summed E-state index contributed by atoms with van der Waals surface area (Å²) in [6.07, 6.45) is -1.64. The summed E-state index contributed by atoms with van der Waals surface area (Å²) in [4.78, 5) is 22.0. The summed E-state index contributed by atoms with van der Waals surface area (Å²) in [6.45, 7) is -3.80. The highest BCUT2D eigenvalue weighted by Gasteiger charge is 2.38. The van der Waals surface area contributed by atoms with Crippen LogP contribution in [0, 0.1) is 0 Å². The van der Waals surface area contributed by atoms with Gasteiger partial charge in [-0.1, -0.05) is 0 Å². The Hall–Kier alpha value is -1.02. The lowest BCUT2D eigenvalue weighted by molar-refractivity contribution is -0.0610. The molecular formula is C6H8ClN2O7P. The maximum Gasteiger partial charge on any atom is 0.467 e. The zero-order valence-corrected chi connectivity index (χ0v) is 10.1. The number of cyclic esters (lactones) is 2. The average Bonchev–Trinajstić information content (AvgIpc) is 2.78. The van der Waals surface area contributed by atoms with Gasteiger partial charge in [-0.15, -0.1) is 0 Å². The molecule has 0 aromatic carbocycles. The third-order valence-electron chi connectivity index (χ3n) is 1.84. The molecule has 2 rings (SSSR count). The standard InChI is InChI=1S/C6H8ClN2O7P/c7-17(12,15-8-1-3-13-5(8)10)16-9-2-4-14-6(9)11/h1-4H2. The Morgan fingerprint density at radius 1 is 1.06 bits per heavy atom. The SMILES string of the molecule is O=C1OCCN1OP(=O)(Cl)ON1CCOC1=O. The maximum atomic E-state index is 11.6. The van der Waals surface area contributed by atoms with Gasteiger partial charge < -0.3 is 9.47 Å². The first-order valence-corrected chi connectivity index (χ1v) is 7.00. The lowest BCUT2D eigenvalue weighted by atomic mass is 10.7. The number of ether oxygens (including phenoxy) is 2. The highest BCUT2D eigenvalue weighted by molar-refractivity contribution is 7.81. The van der Waals surface area contributed by atoms with E-state index in [4.69, 9.17) is 11.2 Å². The van der Waals surface area contributed by atoms with E-state index in [2.05, 4.69) is 18.7 Å². The van der Waals surface area contributed by atoms with Gasteiger partial charge in [0, 0.05) is 11.2 Å². The van der Waals surface area contributed by atoms with E-state index in [9.17, 15) is 14.2 Å². The topological polar surface area (TPSA) is 94.6 Å². The van der Waals surface area contributed by atoms with Gasteiger partial charge in [-0.25, -0.2) is 14.2 Å². The third kappa shape index (κ3) is 3.01. The second-order valence-corrected chi connectivity index (χ2v) is 5.46. The molecule has 2 aliphatic rings. The Labute approximate surface area is 100 Å². The summed E-state index contributed by atoms with van der Waals surface area (Å²) in [5.41, 5.74) is 0. The number of carbonyl (C=O) groups is 2. The first kappa shape index (κ1) is 12.4. The average molecular weight is 287 g/mol. The van der Waals surface area contributed by atoms with E-state index in [0.717, 1.165) is 0 Å². The molecule has 0 saturated carbocycles. The predicted octanol–water partition coefficient (Wildman–Crippen LogP) is 1.10. The molecule has 0 spiro atoms. The number of hydrogen-bond donors (Lipinski definition) is 0. The first-order chi connectivity index (χ1) is 7.98. The Balaban J connectivity index is 1.92. The monoisotopic (exact) mass is 286 g/mol. The van der Waals surface area contributed by atoms with Gasteiger partial charge in [0.15, 0.2) is 0 Å². The van der Waals surface area contributed by atoms with Crippen molar-refractivity contribution in [2.75, 3.05) is 26.3 Å². The Kier molecular flexibility index (Phi) is 3.43. The van der Waals surface area contributed by atoms with Crippen LogP contribution in [0.1, 0.15) is 0 Å². The molecule has 2 amide bonds. The number of rotatable bonds is 4. The molecular weight excluding hydrogens is 278 g/mol. The summed E-state index contributed by atoms with van der Waals surface area (Å²) in [5.74, 6) is 0. The smallest absolute Gasteiger partial charge is 0.446 e. The van der Waals surface area contributed by atoms with Gasteiger partial charge in [-0.2, -0.15) is 19.4 Å². The number of hydroxylamine groups is 4. The van der Waals surface area contributed by atoms with Crippen molar-refractivity contribution in [2.45, 2.75) is 0 Å². The largest absolute Gasteiger partial charge is 0.467 e. The molecule has 0 unspecified atom stereocenters. The summed E-state index contributed by atoms with van der Waals surface area (Å²) in [5, 5.41) is 1.32. The lowest BCUT2D eigenvalue weighted by Crippen LogP contribution is -2.27. The van der Waals surface area contributed by atoms with Crippen LogP contribution >= 0.6 is 18.2 Å². The van der Waals surface area contributed by atoms with Crippen molar-refractivity contribution in [3.8, 4) is 0 Å². The molecule has 0 atom stereocenters. The van der Waals surface area contributed by atoms with Crippen LogP contribution in [0.25, 0.3) is 0 Å². The van der Waals surface area contributed by atoms with Crippen molar-refractivity contribution in [2.24, 2.45) is 0 Å². The first-order valence-electron chi connectivity index (χ1n) is 4.56. The van der Waals surface area contributed by atoms with Crippen molar-refractivity contribution >= 4 is 30.4 Å². The third-order valence-corrected chi connectivity index (χ3v) is 2.99. The second kappa shape index (κ2) is 4.69. The summed E-state index contributed by atoms with van der Waals surface area (Å²) in [6, 6.07) is 0. The van der Waals surface area contributed by atoms with Crippen molar-refractivity contribution in [3.05, 3.63) is 0 Å². The number of amides is 2.